The molecular weight excluding hydrogens is 339 g/mol. The molecule has 0 amide bonds. The number of piperidine rings is 1. The average molecular weight is 370 g/mol. The van der Waals surface area contributed by atoms with Crippen LogP contribution in [-0.4, -0.2) is 42.5 Å². The predicted octanol–water partition coefficient (Wildman–Crippen LogP) is 5.68. The van der Waals surface area contributed by atoms with Crippen molar-refractivity contribution < 1.29 is 0 Å². The Morgan fingerprint density at radius 2 is 1.75 bits per heavy atom. The fourth-order valence-electron chi connectivity index (χ4n) is 3.30. The van der Waals surface area contributed by atoms with Crippen molar-refractivity contribution in [3.05, 3.63) is 40.2 Å². The molecule has 1 aromatic carbocycles. The zero-order chi connectivity index (χ0) is 17.2. The van der Waals surface area contributed by atoms with Crippen LogP contribution in [0.1, 0.15) is 51.0 Å². The molecule has 24 heavy (non-hydrogen) atoms. The molecule has 1 aromatic rings. The van der Waals surface area contributed by atoms with E-state index in [4.69, 9.17) is 23.2 Å². The van der Waals surface area contributed by atoms with Crippen LogP contribution < -0.4 is 0 Å². The van der Waals surface area contributed by atoms with Crippen molar-refractivity contribution in [2.24, 2.45) is 0 Å². The van der Waals surface area contributed by atoms with E-state index in [9.17, 15) is 0 Å². The second-order valence-corrected chi connectivity index (χ2v) is 7.55. The van der Waals surface area contributed by atoms with Crippen molar-refractivity contribution in [3.8, 4) is 0 Å². The average Bonchev–Trinajstić information content (AvgIpc) is 2.61. The maximum Gasteiger partial charge on any atom is 0.0595 e. The minimum absolute atomic E-state index is 0.634. The highest BCUT2D eigenvalue weighted by molar-refractivity contribution is 6.42. The summed E-state index contributed by atoms with van der Waals surface area (Å²) in [5.41, 5.74) is 1.24. The number of halogens is 2. The molecular formula is C20H31Cl2N2. The van der Waals surface area contributed by atoms with Crippen LogP contribution in [0.3, 0.4) is 0 Å². The topological polar surface area (TPSA) is 6.48 Å². The molecule has 4 heteroatoms. The molecule has 1 aliphatic heterocycles. The molecule has 0 saturated carbocycles. The Hall–Kier alpha value is -0.280. The van der Waals surface area contributed by atoms with Crippen LogP contribution in [0.25, 0.3) is 0 Å². The number of benzene rings is 1. The second kappa shape index (κ2) is 11.4. The summed E-state index contributed by atoms with van der Waals surface area (Å²) in [4.78, 5) is 5.10. The number of unbranched alkanes of at least 4 members (excludes halogenated alkanes) is 3. The van der Waals surface area contributed by atoms with Crippen molar-refractivity contribution >= 4 is 23.2 Å². The Kier molecular flexibility index (Phi) is 9.48. The monoisotopic (exact) mass is 369 g/mol. The molecule has 1 radical (unpaired) electrons. The van der Waals surface area contributed by atoms with Gasteiger partial charge in [0.1, 0.15) is 0 Å². The van der Waals surface area contributed by atoms with Gasteiger partial charge in [-0.15, -0.1) is 0 Å². The first-order valence-corrected chi connectivity index (χ1v) is 10.1. The SMILES string of the molecule is CCN(CCCCCCN1CC[CH]CC1)Cc1ccc(Cl)c(Cl)c1. The third kappa shape index (κ3) is 7.31. The quantitative estimate of drug-likeness (QED) is 0.489. The molecule has 0 atom stereocenters. The first-order valence-electron chi connectivity index (χ1n) is 9.39. The minimum Gasteiger partial charge on any atom is -0.303 e. The lowest BCUT2D eigenvalue weighted by molar-refractivity contribution is 0.244. The zero-order valence-electron chi connectivity index (χ0n) is 14.9. The van der Waals surface area contributed by atoms with E-state index in [1.807, 2.05) is 12.1 Å². The highest BCUT2D eigenvalue weighted by Gasteiger charge is 2.09. The van der Waals surface area contributed by atoms with Gasteiger partial charge in [-0.1, -0.05) is 49.0 Å². The van der Waals surface area contributed by atoms with Gasteiger partial charge in [0.25, 0.3) is 0 Å². The van der Waals surface area contributed by atoms with E-state index in [1.165, 1.54) is 63.7 Å². The molecule has 0 aliphatic carbocycles. The number of likely N-dealkylation sites (tertiary alicyclic amines) is 1. The Morgan fingerprint density at radius 3 is 2.46 bits per heavy atom. The van der Waals surface area contributed by atoms with Crippen LogP contribution in [0.5, 0.6) is 0 Å². The van der Waals surface area contributed by atoms with E-state index in [1.54, 1.807) is 0 Å². The normalized spacial score (nSPS) is 16.0. The molecule has 2 nitrogen and oxygen atoms in total. The largest absolute Gasteiger partial charge is 0.303 e. The molecule has 1 saturated heterocycles. The zero-order valence-corrected chi connectivity index (χ0v) is 16.5. The number of hydrogen-bond acceptors (Lipinski definition) is 2. The van der Waals surface area contributed by atoms with Gasteiger partial charge < -0.3 is 4.90 Å². The van der Waals surface area contributed by atoms with Gasteiger partial charge in [0.2, 0.25) is 0 Å². The maximum atomic E-state index is 6.11. The van der Waals surface area contributed by atoms with Gasteiger partial charge in [0.15, 0.2) is 0 Å². The molecule has 1 heterocycles. The molecule has 1 aliphatic rings. The van der Waals surface area contributed by atoms with Crippen molar-refractivity contribution in [1.29, 1.82) is 0 Å². The standard InChI is InChI=1S/C20H31Cl2N2/c1-2-23(17-18-10-11-19(21)20(22)16-18)12-6-3-4-7-13-24-14-8-5-9-15-24/h5,10-11,16H,2-4,6-9,12-15,17H2,1H3. The highest BCUT2D eigenvalue weighted by Crippen LogP contribution is 2.23. The molecule has 135 valence electrons. The molecule has 0 bridgehead atoms. The molecule has 1 fully saturated rings. The van der Waals surface area contributed by atoms with Crippen LogP contribution >= 0.6 is 23.2 Å². The van der Waals surface area contributed by atoms with Crippen molar-refractivity contribution in [3.63, 3.8) is 0 Å². The maximum absolute atomic E-state index is 6.11. The lowest BCUT2D eigenvalue weighted by atomic mass is 10.1. The minimum atomic E-state index is 0.634. The molecule has 2 rings (SSSR count). The fourth-order valence-corrected chi connectivity index (χ4v) is 3.62. The summed E-state index contributed by atoms with van der Waals surface area (Å²) in [6, 6.07) is 5.96. The van der Waals surface area contributed by atoms with Crippen LogP contribution in [0.2, 0.25) is 10.0 Å². The van der Waals surface area contributed by atoms with Gasteiger partial charge in [-0.05, 0) is 82.5 Å². The van der Waals surface area contributed by atoms with Gasteiger partial charge in [-0.25, -0.2) is 0 Å². The van der Waals surface area contributed by atoms with Gasteiger partial charge in [0.05, 0.1) is 10.0 Å². The number of nitrogens with zero attached hydrogens (tertiary/aromatic N) is 2. The highest BCUT2D eigenvalue weighted by atomic mass is 35.5. The van der Waals surface area contributed by atoms with E-state index in [0.717, 1.165) is 19.6 Å². The van der Waals surface area contributed by atoms with E-state index in [2.05, 4.69) is 29.2 Å². The van der Waals surface area contributed by atoms with Gasteiger partial charge in [0, 0.05) is 6.54 Å². The lowest BCUT2D eigenvalue weighted by Crippen LogP contribution is -2.30. The molecule has 0 unspecified atom stereocenters. The summed E-state index contributed by atoms with van der Waals surface area (Å²) in [6.07, 6.45) is 10.3. The molecule has 0 aromatic heterocycles. The Bertz CT molecular complexity index is 473. The fraction of sp³-hybridized carbons (Fsp3) is 0.650. The van der Waals surface area contributed by atoms with E-state index >= 15 is 0 Å². The smallest absolute Gasteiger partial charge is 0.0595 e. The van der Waals surface area contributed by atoms with Crippen LogP contribution in [-0.2, 0) is 6.54 Å². The van der Waals surface area contributed by atoms with Crippen LogP contribution in [0, 0.1) is 6.42 Å². The summed E-state index contributed by atoms with van der Waals surface area (Å²) >= 11 is 12.1. The van der Waals surface area contributed by atoms with Gasteiger partial charge in [-0.3, -0.25) is 4.90 Å². The van der Waals surface area contributed by atoms with E-state index in [-0.39, 0.29) is 0 Å². The number of rotatable bonds is 10. The predicted molar refractivity (Wildman–Crippen MR) is 106 cm³/mol. The molecule has 0 N–H and O–H groups in total. The Morgan fingerprint density at radius 1 is 1.00 bits per heavy atom. The lowest BCUT2D eigenvalue weighted by Gasteiger charge is -2.26. The van der Waals surface area contributed by atoms with Gasteiger partial charge >= 0.3 is 0 Å². The molecule has 0 spiro atoms. The van der Waals surface area contributed by atoms with Crippen molar-refractivity contribution in [1.82, 2.24) is 9.80 Å². The Balaban J connectivity index is 1.58. The van der Waals surface area contributed by atoms with Crippen LogP contribution in [0.4, 0.5) is 0 Å². The summed E-state index contributed by atoms with van der Waals surface area (Å²) in [7, 11) is 0. The summed E-state index contributed by atoms with van der Waals surface area (Å²) < 4.78 is 0. The second-order valence-electron chi connectivity index (χ2n) is 6.74. The summed E-state index contributed by atoms with van der Waals surface area (Å²) in [6.45, 7) is 9.25. The summed E-state index contributed by atoms with van der Waals surface area (Å²) in [5, 5.41) is 1.29. The van der Waals surface area contributed by atoms with E-state index < -0.39 is 0 Å². The third-order valence-corrected chi connectivity index (χ3v) is 5.57. The summed E-state index contributed by atoms with van der Waals surface area (Å²) in [5.74, 6) is 0. The first-order chi connectivity index (χ1) is 11.7. The third-order valence-electron chi connectivity index (χ3n) is 4.83. The first kappa shape index (κ1) is 20.0. The number of hydrogen-bond donors (Lipinski definition) is 0. The Labute approximate surface area is 158 Å². The van der Waals surface area contributed by atoms with Crippen molar-refractivity contribution in [2.45, 2.75) is 52.0 Å². The van der Waals surface area contributed by atoms with Crippen molar-refractivity contribution in [2.75, 3.05) is 32.7 Å². The van der Waals surface area contributed by atoms with Crippen LogP contribution in [0.15, 0.2) is 18.2 Å². The van der Waals surface area contributed by atoms with Gasteiger partial charge in [-0.2, -0.15) is 0 Å². The van der Waals surface area contributed by atoms with E-state index in [0.29, 0.717) is 10.0 Å².